The van der Waals surface area contributed by atoms with E-state index in [4.69, 9.17) is 5.11 Å². The van der Waals surface area contributed by atoms with E-state index >= 15 is 0 Å². The maximum Gasteiger partial charge on any atom is 0.368 e. The van der Waals surface area contributed by atoms with E-state index in [1.165, 1.54) is 20.8 Å². The third-order valence-electron chi connectivity index (χ3n) is 1.64. The minimum Gasteiger partial charge on any atom is -0.512 e. The van der Waals surface area contributed by atoms with E-state index in [0.717, 1.165) is 0 Å². The zero-order valence-electron chi connectivity index (χ0n) is 8.52. The van der Waals surface area contributed by atoms with Crippen molar-refractivity contribution in [2.24, 2.45) is 5.41 Å². The molecule has 0 rings (SSSR count). The van der Waals surface area contributed by atoms with Gasteiger partial charge in [-0.1, -0.05) is 20.8 Å². The molecule has 0 aromatic rings. The number of allylic oxidation sites excluding steroid dienone is 2. The first-order valence-corrected chi connectivity index (χ1v) is 4.11. The van der Waals surface area contributed by atoms with Crippen LogP contribution in [0.15, 0.2) is 11.8 Å². The Hall–Kier alpha value is -1.07. The quantitative estimate of drug-likeness (QED) is 0.458. The van der Waals surface area contributed by atoms with Crippen LogP contribution in [0.25, 0.3) is 0 Å². The van der Waals surface area contributed by atoms with Crippen molar-refractivity contribution >= 4 is 5.78 Å². The molecular weight excluding hydrogens is 216 g/mol. The smallest absolute Gasteiger partial charge is 0.368 e. The number of hydrogen-bond acceptors (Lipinski definition) is 2. The van der Waals surface area contributed by atoms with Crippen LogP contribution in [0.2, 0.25) is 0 Å². The third-order valence-corrected chi connectivity index (χ3v) is 1.64. The Labute approximate surface area is 84.6 Å². The fourth-order valence-corrected chi connectivity index (χ4v) is 0.544. The van der Waals surface area contributed by atoms with E-state index in [2.05, 4.69) is 0 Å². The summed E-state index contributed by atoms with van der Waals surface area (Å²) in [7, 11) is 0. The lowest BCUT2D eigenvalue weighted by Gasteiger charge is -2.18. The molecule has 0 atom stereocenters. The molecule has 0 aromatic heterocycles. The first-order chi connectivity index (χ1) is 6.49. The highest BCUT2D eigenvalue weighted by molar-refractivity contribution is 5.96. The molecule has 0 aliphatic heterocycles. The summed E-state index contributed by atoms with van der Waals surface area (Å²) < 4.78 is 48.3. The van der Waals surface area contributed by atoms with Crippen molar-refractivity contribution in [3.8, 4) is 0 Å². The Morgan fingerprint density at radius 1 is 1.27 bits per heavy atom. The van der Waals surface area contributed by atoms with Crippen molar-refractivity contribution in [2.45, 2.75) is 33.1 Å². The number of ketones is 1. The number of alkyl halides is 4. The normalized spacial score (nSPS) is 14.5. The molecule has 0 heterocycles. The van der Waals surface area contributed by atoms with Crippen LogP contribution in [-0.4, -0.2) is 23.2 Å². The van der Waals surface area contributed by atoms with E-state index in [1.54, 1.807) is 0 Å². The molecule has 0 bridgehead atoms. The molecule has 6 heteroatoms. The Balaban J connectivity index is 4.92. The third kappa shape index (κ3) is 3.53. The Morgan fingerprint density at radius 3 is 1.93 bits per heavy atom. The van der Waals surface area contributed by atoms with Crippen LogP contribution in [0.1, 0.15) is 20.8 Å². The fraction of sp³-hybridized carbons (Fsp3) is 0.667. The molecule has 0 saturated carbocycles. The van der Waals surface area contributed by atoms with Gasteiger partial charge in [0.2, 0.25) is 5.78 Å². The topological polar surface area (TPSA) is 37.3 Å². The van der Waals surface area contributed by atoms with Gasteiger partial charge in [-0.25, -0.2) is 8.78 Å². The molecule has 0 unspecified atom stereocenters. The predicted octanol–water partition coefficient (Wildman–Crippen LogP) is 2.94. The van der Waals surface area contributed by atoms with E-state index in [1.807, 2.05) is 0 Å². The number of carbonyl (C=O) groups is 1. The van der Waals surface area contributed by atoms with E-state index in [9.17, 15) is 22.4 Å². The van der Waals surface area contributed by atoms with Crippen molar-refractivity contribution < 1.29 is 27.5 Å². The second kappa shape index (κ2) is 4.20. The average Bonchev–Trinajstić information content (AvgIpc) is 2.01. The second-order valence-corrected chi connectivity index (χ2v) is 4.07. The molecule has 0 amide bonds. The lowest BCUT2D eigenvalue weighted by molar-refractivity contribution is -0.161. The minimum atomic E-state index is -4.75. The summed E-state index contributed by atoms with van der Waals surface area (Å²) >= 11 is 0. The number of rotatable bonds is 3. The number of halogens is 4. The zero-order valence-corrected chi connectivity index (χ0v) is 8.52. The highest BCUT2D eigenvalue weighted by Crippen LogP contribution is 2.28. The molecule has 0 aliphatic carbocycles. The van der Waals surface area contributed by atoms with Crippen molar-refractivity contribution in [3.63, 3.8) is 0 Å². The van der Waals surface area contributed by atoms with Gasteiger partial charge in [0.1, 0.15) is 5.76 Å². The van der Waals surface area contributed by atoms with Gasteiger partial charge >= 0.3 is 12.3 Å². The molecule has 0 aromatic carbocycles. The van der Waals surface area contributed by atoms with Crippen molar-refractivity contribution in [2.75, 3.05) is 0 Å². The molecule has 0 radical (unpaired) electrons. The first-order valence-electron chi connectivity index (χ1n) is 4.11. The summed E-state index contributed by atoms with van der Waals surface area (Å²) in [5, 5.41) is 9.16. The lowest BCUT2D eigenvalue weighted by atomic mass is 9.92. The van der Waals surface area contributed by atoms with Crippen LogP contribution >= 0.6 is 0 Å². The van der Waals surface area contributed by atoms with Gasteiger partial charge in [-0.05, 0) is 0 Å². The van der Waals surface area contributed by atoms with Crippen molar-refractivity contribution in [1.29, 1.82) is 0 Å². The largest absolute Gasteiger partial charge is 0.512 e. The van der Waals surface area contributed by atoms with Gasteiger partial charge in [0.25, 0.3) is 0 Å². The molecule has 88 valence electrons. The monoisotopic (exact) mass is 228 g/mol. The van der Waals surface area contributed by atoms with Crippen LogP contribution in [0, 0.1) is 5.41 Å². The van der Waals surface area contributed by atoms with Gasteiger partial charge in [-0.2, -0.15) is 8.78 Å². The molecule has 0 fully saturated rings. The van der Waals surface area contributed by atoms with Gasteiger partial charge in [0.05, 0.1) is 0 Å². The summed E-state index contributed by atoms with van der Waals surface area (Å²) in [6.45, 7) is 4.35. The lowest BCUT2D eigenvalue weighted by Crippen LogP contribution is -2.35. The van der Waals surface area contributed by atoms with Crippen LogP contribution < -0.4 is 0 Å². The first kappa shape index (κ1) is 13.9. The molecule has 1 N–H and O–H groups in total. The molecule has 0 spiro atoms. The molecule has 0 saturated heterocycles. The molecule has 2 nitrogen and oxygen atoms in total. The Bertz CT molecular complexity index is 276. The highest BCUT2D eigenvalue weighted by atomic mass is 19.3. The van der Waals surface area contributed by atoms with Crippen LogP contribution in [-0.2, 0) is 4.79 Å². The van der Waals surface area contributed by atoms with Gasteiger partial charge in [-0.3, -0.25) is 4.79 Å². The van der Waals surface area contributed by atoms with Crippen LogP contribution in [0.3, 0.4) is 0 Å². The van der Waals surface area contributed by atoms with E-state index in [0.29, 0.717) is 0 Å². The average molecular weight is 228 g/mol. The predicted molar refractivity (Wildman–Crippen MR) is 46.1 cm³/mol. The maximum atomic E-state index is 12.4. The van der Waals surface area contributed by atoms with Gasteiger partial charge in [0, 0.05) is 11.5 Å². The van der Waals surface area contributed by atoms with E-state index in [-0.39, 0.29) is 6.08 Å². The van der Waals surface area contributed by atoms with Gasteiger partial charge in [0.15, 0.2) is 0 Å². The summed E-state index contributed by atoms with van der Waals surface area (Å²) in [6, 6.07) is 0. The fourth-order valence-electron chi connectivity index (χ4n) is 0.544. The summed E-state index contributed by atoms with van der Waals surface area (Å²) in [5.41, 5.74) is -0.937. The van der Waals surface area contributed by atoms with Crippen molar-refractivity contribution in [3.05, 3.63) is 11.8 Å². The van der Waals surface area contributed by atoms with Crippen molar-refractivity contribution in [1.82, 2.24) is 0 Å². The molecule has 0 aliphatic rings. The zero-order chi connectivity index (χ0) is 12.4. The summed E-state index contributed by atoms with van der Waals surface area (Å²) in [4.78, 5) is 10.7. The molecule has 15 heavy (non-hydrogen) atoms. The number of aliphatic hydroxyl groups excluding tert-OH is 1. The number of hydrogen-bond donors (Lipinski definition) is 1. The van der Waals surface area contributed by atoms with Gasteiger partial charge in [-0.15, -0.1) is 0 Å². The van der Waals surface area contributed by atoms with Gasteiger partial charge < -0.3 is 5.11 Å². The maximum absolute atomic E-state index is 12.4. The van der Waals surface area contributed by atoms with Crippen LogP contribution in [0.4, 0.5) is 17.6 Å². The molecular formula is C9H12F4O2. The highest BCUT2D eigenvalue weighted by Gasteiger charge is 2.47. The standard InChI is InChI=1S/C9H12F4O2/c1-8(2,3)5(14)4-6(15)9(12,13)7(10)11/h4,7,14H,1-3H3/b5-4-. The Kier molecular flexibility index (Phi) is 3.90. The number of aliphatic hydroxyl groups is 1. The van der Waals surface area contributed by atoms with E-state index < -0.39 is 29.3 Å². The second-order valence-electron chi connectivity index (χ2n) is 4.07. The summed E-state index contributed by atoms with van der Waals surface area (Å²) in [6.07, 6.45) is -3.93. The Morgan fingerprint density at radius 2 is 1.67 bits per heavy atom. The van der Waals surface area contributed by atoms with Crippen LogP contribution in [0.5, 0.6) is 0 Å². The SMILES string of the molecule is CC(C)(C)/C(O)=C/C(=O)C(F)(F)C(F)F. The number of carbonyl (C=O) groups excluding carboxylic acids is 1. The summed E-state index contributed by atoms with van der Waals surface area (Å²) in [5.74, 6) is -7.50. The minimum absolute atomic E-state index is 0.145.